The fraction of sp³-hybridized carbons (Fsp3) is 0.412. The second-order valence-electron chi connectivity index (χ2n) is 6.17. The normalized spacial score (nSPS) is 23.0. The summed E-state index contributed by atoms with van der Waals surface area (Å²) in [6.45, 7) is 2.22. The third-order valence-electron chi connectivity index (χ3n) is 4.45. The molecule has 0 spiro atoms. The second kappa shape index (κ2) is 5.39. The van der Waals surface area contributed by atoms with Crippen LogP contribution < -0.4 is 5.43 Å². The minimum Gasteiger partial charge on any atom is -0.460 e. The lowest BCUT2D eigenvalue weighted by Gasteiger charge is -1.95. The summed E-state index contributed by atoms with van der Waals surface area (Å²) in [5, 5.41) is 4.00. The first-order valence-electron chi connectivity index (χ1n) is 7.75. The minimum atomic E-state index is -0.141. The quantitative estimate of drug-likeness (QED) is 0.691. The van der Waals surface area contributed by atoms with Crippen LogP contribution in [0, 0.1) is 5.92 Å². The van der Waals surface area contributed by atoms with Crippen molar-refractivity contribution in [2.45, 2.75) is 38.5 Å². The molecule has 2 aromatic heterocycles. The Bertz CT molecular complexity index is 722. The number of thiophene rings is 1. The average Bonchev–Trinajstić information content (AvgIpc) is 2.93. The Kier molecular flexibility index (Phi) is 3.37. The second-order valence-corrected chi connectivity index (χ2v) is 7.31. The fourth-order valence-corrected chi connectivity index (χ4v) is 4.15. The number of carbonyl (C=O) groups excluding carboxylic acids is 1. The molecule has 0 aliphatic heterocycles. The highest BCUT2D eigenvalue weighted by Gasteiger charge is 2.36. The summed E-state index contributed by atoms with van der Waals surface area (Å²) in [5.74, 6) is 2.85. The molecule has 5 heteroatoms. The zero-order valence-electron chi connectivity index (χ0n) is 12.5. The van der Waals surface area contributed by atoms with Crippen LogP contribution in [0.5, 0.6) is 0 Å². The summed E-state index contributed by atoms with van der Waals surface area (Å²) in [7, 11) is 0. The van der Waals surface area contributed by atoms with Crippen LogP contribution in [0.15, 0.2) is 27.7 Å². The van der Waals surface area contributed by atoms with E-state index < -0.39 is 0 Å². The topological polar surface area (TPSA) is 54.6 Å². The predicted molar refractivity (Wildman–Crippen MR) is 86.6 cm³/mol. The lowest BCUT2D eigenvalue weighted by Crippen LogP contribution is -2.16. The molecule has 4 nitrogen and oxygen atoms in total. The monoisotopic (exact) mass is 314 g/mol. The van der Waals surface area contributed by atoms with Crippen LogP contribution >= 0.6 is 11.3 Å². The summed E-state index contributed by atoms with van der Waals surface area (Å²) in [5.41, 5.74) is 3.91. The van der Waals surface area contributed by atoms with E-state index in [0.29, 0.717) is 11.7 Å². The van der Waals surface area contributed by atoms with Gasteiger partial charge < -0.3 is 4.42 Å². The molecule has 0 bridgehead atoms. The molecule has 0 radical (unpaired) electrons. The molecule has 114 valence electrons. The number of hydrazone groups is 1. The summed E-state index contributed by atoms with van der Waals surface area (Å²) in [6.07, 6.45) is 6.17. The van der Waals surface area contributed by atoms with Gasteiger partial charge in [-0.1, -0.05) is 6.92 Å². The molecular weight excluding hydrogens is 296 g/mol. The number of carbonyl (C=O) groups is 1. The molecule has 2 aliphatic rings. The zero-order chi connectivity index (χ0) is 15.1. The van der Waals surface area contributed by atoms with Gasteiger partial charge >= 0.3 is 0 Å². The van der Waals surface area contributed by atoms with Gasteiger partial charge in [0.15, 0.2) is 0 Å². The van der Waals surface area contributed by atoms with E-state index in [0.717, 1.165) is 29.4 Å². The van der Waals surface area contributed by atoms with Crippen LogP contribution in [0.4, 0.5) is 0 Å². The molecular formula is C17H18N2O2S. The molecule has 0 unspecified atom stereocenters. The Morgan fingerprint density at radius 1 is 1.45 bits per heavy atom. The van der Waals surface area contributed by atoms with Crippen molar-refractivity contribution in [2.24, 2.45) is 11.0 Å². The zero-order valence-corrected chi connectivity index (χ0v) is 13.3. The fourth-order valence-electron chi connectivity index (χ4n) is 3.01. The number of fused-ring (bicyclic) bond motifs is 1. The third-order valence-corrected chi connectivity index (χ3v) is 5.69. The summed E-state index contributed by atoms with van der Waals surface area (Å²) in [4.78, 5) is 14.2. The summed E-state index contributed by atoms with van der Waals surface area (Å²) in [6, 6.07) is 5.90. The number of hydrogen-bond donors (Lipinski definition) is 1. The summed E-state index contributed by atoms with van der Waals surface area (Å²) < 4.78 is 5.72. The number of nitrogens with zero attached hydrogens (tertiary/aromatic N) is 1. The predicted octanol–water partition coefficient (Wildman–Crippen LogP) is 3.72. The highest BCUT2D eigenvalue weighted by atomic mass is 32.1. The van der Waals surface area contributed by atoms with Gasteiger partial charge in [-0.05, 0) is 55.4 Å². The Hall–Kier alpha value is -1.88. The minimum absolute atomic E-state index is 0.141. The number of hydrogen-bond acceptors (Lipinski definition) is 4. The van der Waals surface area contributed by atoms with Gasteiger partial charge in [0.1, 0.15) is 11.5 Å². The van der Waals surface area contributed by atoms with Gasteiger partial charge in [-0.15, -0.1) is 11.3 Å². The maximum absolute atomic E-state index is 12.1. The van der Waals surface area contributed by atoms with Gasteiger partial charge in [0.25, 0.3) is 5.91 Å². The lowest BCUT2D eigenvalue weighted by atomic mass is 10.2. The number of rotatable bonds is 4. The van der Waals surface area contributed by atoms with Crippen LogP contribution in [0.1, 0.15) is 57.3 Å². The smallest absolute Gasteiger partial charge is 0.281 e. The van der Waals surface area contributed by atoms with Crippen molar-refractivity contribution >= 4 is 23.5 Å². The number of aryl methyl sites for hydroxylation is 2. The Balaban J connectivity index is 1.37. The van der Waals surface area contributed by atoms with Gasteiger partial charge in [-0.3, -0.25) is 4.79 Å². The molecule has 1 N–H and O–H groups in total. The van der Waals surface area contributed by atoms with E-state index in [-0.39, 0.29) is 5.91 Å². The van der Waals surface area contributed by atoms with E-state index in [1.165, 1.54) is 23.3 Å². The van der Waals surface area contributed by atoms with Crippen molar-refractivity contribution < 1.29 is 9.21 Å². The molecule has 0 saturated heterocycles. The molecule has 22 heavy (non-hydrogen) atoms. The average molecular weight is 314 g/mol. The van der Waals surface area contributed by atoms with Crippen molar-refractivity contribution in [1.29, 1.82) is 0 Å². The van der Waals surface area contributed by atoms with Crippen molar-refractivity contribution in [3.63, 3.8) is 0 Å². The maximum atomic E-state index is 12.1. The van der Waals surface area contributed by atoms with Crippen LogP contribution in [-0.2, 0) is 12.8 Å². The largest absolute Gasteiger partial charge is 0.460 e. The molecule has 2 atom stereocenters. The van der Waals surface area contributed by atoms with Crippen molar-refractivity contribution in [2.75, 3.05) is 0 Å². The van der Waals surface area contributed by atoms with Crippen molar-refractivity contribution in [3.05, 3.63) is 45.0 Å². The Morgan fingerprint density at radius 3 is 3.09 bits per heavy atom. The van der Waals surface area contributed by atoms with E-state index in [4.69, 9.17) is 4.42 Å². The van der Waals surface area contributed by atoms with E-state index in [2.05, 4.69) is 17.5 Å². The van der Waals surface area contributed by atoms with Crippen LogP contribution in [0.3, 0.4) is 0 Å². The summed E-state index contributed by atoms with van der Waals surface area (Å²) >= 11 is 1.58. The first kappa shape index (κ1) is 13.8. The van der Waals surface area contributed by atoms with E-state index >= 15 is 0 Å². The maximum Gasteiger partial charge on any atom is 0.281 e. The lowest BCUT2D eigenvalue weighted by molar-refractivity contribution is 0.0959. The van der Waals surface area contributed by atoms with Gasteiger partial charge in [0, 0.05) is 10.8 Å². The highest BCUT2D eigenvalue weighted by Crippen LogP contribution is 2.47. The van der Waals surface area contributed by atoms with E-state index in [9.17, 15) is 4.79 Å². The Morgan fingerprint density at radius 2 is 2.32 bits per heavy atom. The molecule has 0 aromatic carbocycles. The number of amides is 1. The molecule has 4 rings (SSSR count). The van der Waals surface area contributed by atoms with Crippen LogP contribution in [0.25, 0.3) is 0 Å². The number of nitrogens with one attached hydrogen (secondary N) is 1. The standard InChI is InChI=1S/C17H18N2O2S/c1-10-7-13(10)14-6-5-12(21-14)9-18-19-17(20)16-8-11-3-2-4-15(11)22-16/h5-6,8-10,13H,2-4,7H2,1H3,(H,19,20)/b18-9-/t10-,13+/m0/s1. The first-order valence-corrected chi connectivity index (χ1v) is 8.57. The molecule has 1 saturated carbocycles. The van der Waals surface area contributed by atoms with Gasteiger partial charge in [-0.2, -0.15) is 5.10 Å². The molecule has 1 amide bonds. The molecule has 2 aliphatic carbocycles. The number of furan rings is 1. The van der Waals surface area contributed by atoms with E-state index in [1.807, 2.05) is 18.2 Å². The van der Waals surface area contributed by atoms with E-state index in [1.54, 1.807) is 17.6 Å². The third kappa shape index (κ3) is 2.61. The van der Waals surface area contributed by atoms with Crippen LogP contribution in [0.2, 0.25) is 0 Å². The van der Waals surface area contributed by atoms with Crippen molar-refractivity contribution in [3.8, 4) is 0 Å². The van der Waals surface area contributed by atoms with Gasteiger partial charge in [-0.25, -0.2) is 5.43 Å². The van der Waals surface area contributed by atoms with Crippen molar-refractivity contribution in [1.82, 2.24) is 5.43 Å². The molecule has 2 heterocycles. The van der Waals surface area contributed by atoms with Crippen LogP contribution in [-0.4, -0.2) is 12.1 Å². The molecule has 1 fully saturated rings. The molecule has 2 aromatic rings. The van der Waals surface area contributed by atoms with Gasteiger partial charge in [0.05, 0.1) is 11.1 Å². The highest BCUT2D eigenvalue weighted by molar-refractivity contribution is 7.14. The SMILES string of the molecule is C[C@H]1C[C@H]1c1ccc(/C=N\NC(=O)c2cc3c(s2)CCC3)o1. The van der Waals surface area contributed by atoms with Gasteiger partial charge in [0.2, 0.25) is 0 Å². The first-order chi connectivity index (χ1) is 10.7. The Labute approximate surface area is 133 Å².